The van der Waals surface area contributed by atoms with Crippen LogP contribution in [0.4, 0.5) is 0 Å². The predicted octanol–water partition coefficient (Wildman–Crippen LogP) is 4.21. The normalized spacial score (nSPS) is 10.6. The van der Waals surface area contributed by atoms with Crippen molar-refractivity contribution in [3.05, 3.63) is 70.9 Å². The molecule has 3 aromatic rings. The maximum absolute atomic E-state index is 12.7. The highest BCUT2D eigenvalue weighted by atomic mass is 16.5. The Morgan fingerprint density at radius 3 is 2.67 bits per heavy atom. The standard InChI is InChI=1S/C22H20N2O3/c1-15-8-9-16(2)18(12-15)22(26)27-14-21(25)19-13-24(11-5-10-23)20-7-4-3-6-17(19)20/h3-4,6-9,12-13H,5,11,14H2,1-2H3. The molecule has 0 saturated carbocycles. The summed E-state index contributed by atoms with van der Waals surface area (Å²) < 4.78 is 7.16. The maximum Gasteiger partial charge on any atom is 0.338 e. The third-order valence-electron chi connectivity index (χ3n) is 4.50. The first-order valence-electron chi connectivity index (χ1n) is 8.73. The van der Waals surface area contributed by atoms with Gasteiger partial charge in [-0.15, -0.1) is 0 Å². The number of para-hydroxylation sites is 1. The van der Waals surface area contributed by atoms with E-state index in [1.807, 2.05) is 54.8 Å². The van der Waals surface area contributed by atoms with Crippen molar-refractivity contribution in [1.29, 1.82) is 5.26 Å². The van der Waals surface area contributed by atoms with E-state index in [0.29, 0.717) is 24.1 Å². The zero-order chi connectivity index (χ0) is 19.4. The number of aryl methyl sites for hydroxylation is 3. The smallest absolute Gasteiger partial charge is 0.338 e. The molecule has 0 aliphatic heterocycles. The van der Waals surface area contributed by atoms with Gasteiger partial charge >= 0.3 is 5.97 Å². The van der Waals surface area contributed by atoms with Gasteiger partial charge in [-0.3, -0.25) is 4.79 Å². The van der Waals surface area contributed by atoms with Gasteiger partial charge in [-0.05, 0) is 31.5 Å². The van der Waals surface area contributed by atoms with Crippen molar-refractivity contribution in [1.82, 2.24) is 4.57 Å². The second-order valence-electron chi connectivity index (χ2n) is 6.48. The molecule has 5 nitrogen and oxygen atoms in total. The van der Waals surface area contributed by atoms with Crippen LogP contribution in [-0.2, 0) is 11.3 Å². The molecule has 27 heavy (non-hydrogen) atoms. The van der Waals surface area contributed by atoms with Crippen molar-refractivity contribution < 1.29 is 14.3 Å². The molecule has 0 aliphatic carbocycles. The van der Waals surface area contributed by atoms with Crippen LogP contribution in [0, 0.1) is 25.2 Å². The van der Waals surface area contributed by atoms with E-state index < -0.39 is 5.97 Å². The van der Waals surface area contributed by atoms with Crippen LogP contribution >= 0.6 is 0 Å². The van der Waals surface area contributed by atoms with Crippen molar-refractivity contribution in [2.45, 2.75) is 26.8 Å². The zero-order valence-corrected chi connectivity index (χ0v) is 15.4. The lowest BCUT2D eigenvalue weighted by molar-refractivity contribution is 0.0474. The number of esters is 1. The van der Waals surface area contributed by atoms with Crippen LogP contribution in [-0.4, -0.2) is 22.9 Å². The first-order chi connectivity index (χ1) is 13.0. The summed E-state index contributed by atoms with van der Waals surface area (Å²) >= 11 is 0. The molecule has 0 spiro atoms. The van der Waals surface area contributed by atoms with Crippen LogP contribution in [0.2, 0.25) is 0 Å². The molecular weight excluding hydrogens is 340 g/mol. The highest BCUT2D eigenvalue weighted by Gasteiger charge is 2.18. The number of ketones is 1. The minimum absolute atomic E-state index is 0.263. The third-order valence-corrected chi connectivity index (χ3v) is 4.50. The predicted molar refractivity (Wildman–Crippen MR) is 103 cm³/mol. The van der Waals surface area contributed by atoms with Gasteiger partial charge in [0.25, 0.3) is 0 Å². The Hall–Kier alpha value is -3.39. The molecule has 2 aromatic carbocycles. The van der Waals surface area contributed by atoms with Crippen LogP contribution in [0.3, 0.4) is 0 Å². The van der Waals surface area contributed by atoms with Gasteiger partial charge in [-0.2, -0.15) is 5.26 Å². The monoisotopic (exact) mass is 360 g/mol. The molecule has 1 heterocycles. The van der Waals surface area contributed by atoms with Gasteiger partial charge < -0.3 is 9.30 Å². The number of carbonyl (C=O) groups excluding carboxylic acids is 2. The van der Waals surface area contributed by atoms with E-state index in [1.165, 1.54) is 0 Å². The lowest BCUT2D eigenvalue weighted by atomic mass is 10.1. The number of carbonyl (C=O) groups is 2. The Morgan fingerprint density at radius 1 is 1.11 bits per heavy atom. The maximum atomic E-state index is 12.7. The molecule has 0 radical (unpaired) electrons. The van der Waals surface area contributed by atoms with E-state index in [9.17, 15) is 9.59 Å². The molecular formula is C22H20N2O3. The number of benzene rings is 2. The largest absolute Gasteiger partial charge is 0.454 e. The Labute approximate surface area is 157 Å². The SMILES string of the molecule is Cc1ccc(C)c(C(=O)OCC(=O)c2cn(CCC#N)c3ccccc23)c1. The van der Waals surface area contributed by atoms with E-state index in [2.05, 4.69) is 6.07 Å². The number of ether oxygens (including phenoxy) is 1. The van der Waals surface area contributed by atoms with Crippen molar-refractivity contribution in [2.75, 3.05) is 6.61 Å². The van der Waals surface area contributed by atoms with Crippen LogP contribution < -0.4 is 0 Å². The van der Waals surface area contributed by atoms with Crippen molar-refractivity contribution in [3.63, 3.8) is 0 Å². The molecule has 0 saturated heterocycles. The Morgan fingerprint density at radius 2 is 1.89 bits per heavy atom. The van der Waals surface area contributed by atoms with E-state index >= 15 is 0 Å². The molecule has 0 unspecified atom stereocenters. The third kappa shape index (κ3) is 3.90. The van der Waals surface area contributed by atoms with E-state index in [-0.39, 0.29) is 12.4 Å². The fourth-order valence-corrected chi connectivity index (χ4v) is 3.07. The second kappa shape index (κ2) is 7.88. The number of nitrogens with zero attached hydrogens (tertiary/aromatic N) is 2. The first-order valence-corrected chi connectivity index (χ1v) is 8.73. The van der Waals surface area contributed by atoms with Gasteiger partial charge in [0.15, 0.2) is 6.61 Å². The highest BCUT2D eigenvalue weighted by Crippen LogP contribution is 2.22. The molecule has 136 valence electrons. The summed E-state index contributed by atoms with van der Waals surface area (Å²) in [6, 6.07) is 15.2. The summed E-state index contributed by atoms with van der Waals surface area (Å²) in [4.78, 5) is 25.0. The lowest BCUT2D eigenvalue weighted by Crippen LogP contribution is -2.15. The number of fused-ring (bicyclic) bond motifs is 1. The molecule has 0 atom stereocenters. The fraction of sp³-hybridized carbons (Fsp3) is 0.227. The minimum atomic E-state index is -0.502. The molecule has 0 N–H and O–H groups in total. The van der Waals surface area contributed by atoms with Crippen molar-refractivity contribution >= 4 is 22.7 Å². The Bertz CT molecular complexity index is 1060. The minimum Gasteiger partial charge on any atom is -0.454 e. The van der Waals surface area contributed by atoms with E-state index in [0.717, 1.165) is 22.0 Å². The van der Waals surface area contributed by atoms with Crippen LogP contribution in [0.1, 0.15) is 38.3 Å². The summed E-state index contributed by atoms with van der Waals surface area (Å²) in [5.74, 6) is -0.765. The quantitative estimate of drug-likeness (QED) is 0.487. The molecule has 0 aliphatic rings. The topological polar surface area (TPSA) is 72.1 Å². The average Bonchev–Trinajstić information content (AvgIpc) is 3.05. The van der Waals surface area contributed by atoms with Gasteiger partial charge in [-0.25, -0.2) is 4.79 Å². The number of hydrogen-bond donors (Lipinski definition) is 0. The van der Waals surface area contributed by atoms with E-state index in [4.69, 9.17) is 10.00 Å². The summed E-state index contributed by atoms with van der Waals surface area (Å²) in [6.45, 7) is 3.92. The molecule has 0 fully saturated rings. The molecule has 3 rings (SSSR count). The first kappa shape index (κ1) is 18.4. The van der Waals surface area contributed by atoms with Gasteiger partial charge in [0.05, 0.1) is 18.1 Å². The summed E-state index contributed by atoms with van der Waals surface area (Å²) in [6.07, 6.45) is 2.09. The average molecular weight is 360 g/mol. The number of nitriles is 1. The van der Waals surface area contributed by atoms with Crippen molar-refractivity contribution in [2.24, 2.45) is 0 Å². The summed E-state index contributed by atoms with van der Waals surface area (Å²) in [5.41, 5.74) is 3.62. The molecule has 0 amide bonds. The van der Waals surface area contributed by atoms with Gasteiger partial charge in [0, 0.05) is 29.2 Å². The lowest BCUT2D eigenvalue weighted by Gasteiger charge is -2.07. The number of aromatic nitrogens is 1. The second-order valence-corrected chi connectivity index (χ2v) is 6.48. The molecule has 0 bridgehead atoms. The number of Topliss-reactive ketones (excluding diaryl/α,β-unsaturated/α-hetero) is 1. The zero-order valence-electron chi connectivity index (χ0n) is 15.4. The number of rotatable bonds is 6. The number of hydrogen-bond acceptors (Lipinski definition) is 4. The molecule has 1 aromatic heterocycles. The Kier molecular flexibility index (Phi) is 5.37. The van der Waals surface area contributed by atoms with Gasteiger partial charge in [0.1, 0.15) is 0 Å². The highest BCUT2D eigenvalue weighted by molar-refractivity contribution is 6.09. The van der Waals surface area contributed by atoms with Crippen LogP contribution in [0.25, 0.3) is 10.9 Å². The van der Waals surface area contributed by atoms with Crippen molar-refractivity contribution in [3.8, 4) is 6.07 Å². The van der Waals surface area contributed by atoms with E-state index in [1.54, 1.807) is 12.3 Å². The van der Waals surface area contributed by atoms with Crippen LogP contribution in [0.15, 0.2) is 48.7 Å². The molecule has 5 heteroatoms. The fourth-order valence-electron chi connectivity index (χ4n) is 3.07. The van der Waals surface area contributed by atoms with Crippen LogP contribution in [0.5, 0.6) is 0 Å². The summed E-state index contributed by atoms with van der Waals surface area (Å²) in [5, 5.41) is 9.62. The van der Waals surface area contributed by atoms with Gasteiger partial charge in [-0.1, -0.05) is 35.9 Å². The summed E-state index contributed by atoms with van der Waals surface area (Å²) in [7, 11) is 0. The van der Waals surface area contributed by atoms with Gasteiger partial charge in [0.2, 0.25) is 5.78 Å². The Balaban J connectivity index is 1.79.